The van der Waals surface area contributed by atoms with Gasteiger partial charge >= 0.3 is 5.97 Å². The van der Waals surface area contributed by atoms with E-state index in [-0.39, 0.29) is 11.2 Å². The molecule has 18 heavy (non-hydrogen) atoms. The van der Waals surface area contributed by atoms with Crippen molar-refractivity contribution in [1.29, 1.82) is 0 Å². The summed E-state index contributed by atoms with van der Waals surface area (Å²) in [5.41, 5.74) is 0. The fourth-order valence-corrected chi connectivity index (χ4v) is 2.35. The number of hydrogen-bond acceptors (Lipinski definition) is 4. The predicted octanol–water partition coefficient (Wildman–Crippen LogP) is 4.29. The topological polar surface area (TPSA) is 26.3 Å². The third-order valence-corrected chi connectivity index (χ3v) is 3.73. The molecule has 0 fully saturated rings. The third kappa shape index (κ3) is 11.3. The standard InChI is InChI=1S/C14H28O2S2/c1-2-16-14(15)13(18)11-9-7-5-3-4-6-8-10-12-17/h13,17-18H,2-12H2,1H3. The van der Waals surface area contributed by atoms with Crippen LogP contribution in [0.3, 0.4) is 0 Å². The zero-order chi connectivity index (χ0) is 13.6. The second kappa shape index (κ2) is 13.6. The van der Waals surface area contributed by atoms with E-state index in [4.69, 9.17) is 4.74 Å². The number of thiol groups is 2. The van der Waals surface area contributed by atoms with Crippen LogP contribution in [0, 0.1) is 0 Å². The highest BCUT2D eigenvalue weighted by Crippen LogP contribution is 2.13. The molecule has 108 valence electrons. The molecular formula is C14H28O2S2. The highest BCUT2D eigenvalue weighted by Gasteiger charge is 2.13. The lowest BCUT2D eigenvalue weighted by molar-refractivity contribution is -0.142. The molecule has 0 aliphatic heterocycles. The van der Waals surface area contributed by atoms with E-state index in [1.54, 1.807) is 0 Å². The van der Waals surface area contributed by atoms with Crippen LogP contribution in [0.15, 0.2) is 0 Å². The first-order valence-electron chi connectivity index (χ1n) is 7.18. The molecule has 0 saturated heterocycles. The molecule has 0 N–H and O–H groups in total. The molecule has 0 aromatic rings. The Kier molecular flexibility index (Phi) is 13.7. The molecular weight excluding hydrogens is 264 g/mol. The minimum atomic E-state index is -0.236. The van der Waals surface area contributed by atoms with Crippen molar-refractivity contribution in [3.05, 3.63) is 0 Å². The molecule has 0 aliphatic carbocycles. The Labute approximate surface area is 123 Å². The van der Waals surface area contributed by atoms with Crippen LogP contribution in [0.5, 0.6) is 0 Å². The van der Waals surface area contributed by atoms with Crippen molar-refractivity contribution in [2.24, 2.45) is 0 Å². The monoisotopic (exact) mass is 292 g/mol. The summed E-state index contributed by atoms with van der Waals surface area (Å²) >= 11 is 8.46. The zero-order valence-corrected chi connectivity index (χ0v) is 13.4. The van der Waals surface area contributed by atoms with Gasteiger partial charge in [0.15, 0.2) is 0 Å². The minimum Gasteiger partial charge on any atom is -0.465 e. The molecule has 1 unspecified atom stereocenters. The Balaban J connectivity index is 3.22. The first-order chi connectivity index (χ1) is 8.72. The molecule has 2 nitrogen and oxygen atoms in total. The minimum absolute atomic E-state index is 0.174. The van der Waals surface area contributed by atoms with Gasteiger partial charge in [0.05, 0.1) is 11.9 Å². The maximum Gasteiger partial charge on any atom is 0.318 e. The first-order valence-corrected chi connectivity index (χ1v) is 8.32. The SMILES string of the molecule is CCOC(=O)C(S)CCCCCCCCCCS. The smallest absolute Gasteiger partial charge is 0.318 e. The fourth-order valence-electron chi connectivity index (χ4n) is 1.87. The lowest BCUT2D eigenvalue weighted by atomic mass is 10.1. The van der Waals surface area contributed by atoms with Crippen LogP contribution < -0.4 is 0 Å². The summed E-state index contributed by atoms with van der Waals surface area (Å²) in [4.78, 5) is 11.3. The van der Waals surface area contributed by atoms with Gasteiger partial charge in [0, 0.05) is 0 Å². The number of carbonyl (C=O) groups is 1. The zero-order valence-electron chi connectivity index (χ0n) is 11.6. The van der Waals surface area contributed by atoms with E-state index in [2.05, 4.69) is 25.3 Å². The van der Waals surface area contributed by atoms with E-state index in [0.717, 1.165) is 18.6 Å². The van der Waals surface area contributed by atoms with Crippen molar-refractivity contribution in [3.63, 3.8) is 0 Å². The van der Waals surface area contributed by atoms with Crippen LogP contribution in [0.25, 0.3) is 0 Å². The molecule has 0 aromatic carbocycles. The summed E-state index contributed by atoms with van der Waals surface area (Å²) in [5.74, 6) is 0.838. The van der Waals surface area contributed by atoms with Crippen LogP contribution in [-0.4, -0.2) is 23.6 Å². The summed E-state index contributed by atoms with van der Waals surface area (Å²) in [6, 6.07) is 0. The van der Waals surface area contributed by atoms with Crippen molar-refractivity contribution in [3.8, 4) is 0 Å². The summed E-state index contributed by atoms with van der Waals surface area (Å²) in [7, 11) is 0. The van der Waals surface area contributed by atoms with E-state index in [1.165, 1.54) is 44.9 Å². The van der Waals surface area contributed by atoms with Crippen LogP contribution in [0.4, 0.5) is 0 Å². The van der Waals surface area contributed by atoms with Crippen LogP contribution in [-0.2, 0) is 9.53 Å². The Bertz CT molecular complexity index is 198. The third-order valence-electron chi connectivity index (χ3n) is 2.94. The highest BCUT2D eigenvalue weighted by molar-refractivity contribution is 7.81. The van der Waals surface area contributed by atoms with E-state index in [1.807, 2.05) is 6.92 Å². The molecule has 1 atom stereocenters. The Morgan fingerprint density at radius 1 is 1.00 bits per heavy atom. The molecule has 0 rings (SSSR count). The van der Waals surface area contributed by atoms with E-state index in [0.29, 0.717) is 6.61 Å². The van der Waals surface area contributed by atoms with Crippen molar-refractivity contribution >= 4 is 31.2 Å². The van der Waals surface area contributed by atoms with Gasteiger partial charge in [-0.1, -0.05) is 44.9 Å². The van der Waals surface area contributed by atoms with Gasteiger partial charge in [-0.25, -0.2) is 0 Å². The number of unbranched alkanes of at least 4 members (excludes halogenated alkanes) is 7. The summed E-state index contributed by atoms with van der Waals surface area (Å²) < 4.78 is 4.92. The molecule has 4 heteroatoms. The van der Waals surface area contributed by atoms with Crippen LogP contribution >= 0.6 is 25.3 Å². The van der Waals surface area contributed by atoms with Gasteiger partial charge in [-0.2, -0.15) is 25.3 Å². The molecule has 0 spiro atoms. The van der Waals surface area contributed by atoms with Crippen molar-refractivity contribution in [1.82, 2.24) is 0 Å². The number of hydrogen-bond donors (Lipinski definition) is 2. The Morgan fingerprint density at radius 3 is 2.00 bits per heavy atom. The highest BCUT2D eigenvalue weighted by atomic mass is 32.1. The number of carbonyl (C=O) groups excluding carboxylic acids is 1. The molecule has 0 saturated carbocycles. The van der Waals surface area contributed by atoms with Crippen LogP contribution in [0.1, 0.15) is 64.7 Å². The van der Waals surface area contributed by atoms with E-state index < -0.39 is 0 Å². The maximum absolute atomic E-state index is 11.3. The molecule has 0 aromatic heterocycles. The van der Waals surface area contributed by atoms with Gasteiger partial charge in [-0.15, -0.1) is 0 Å². The van der Waals surface area contributed by atoms with Gasteiger partial charge in [0.1, 0.15) is 0 Å². The molecule has 0 heterocycles. The van der Waals surface area contributed by atoms with E-state index in [9.17, 15) is 4.79 Å². The largest absolute Gasteiger partial charge is 0.465 e. The van der Waals surface area contributed by atoms with Gasteiger partial charge in [0.2, 0.25) is 0 Å². The fraction of sp³-hybridized carbons (Fsp3) is 0.929. The lowest BCUT2D eigenvalue weighted by Crippen LogP contribution is -2.17. The van der Waals surface area contributed by atoms with Crippen molar-refractivity contribution in [2.45, 2.75) is 70.0 Å². The second-order valence-electron chi connectivity index (χ2n) is 4.61. The molecule has 0 amide bonds. The summed E-state index contributed by atoms with van der Waals surface area (Å²) in [6.07, 6.45) is 10.9. The molecule has 0 radical (unpaired) electrons. The normalized spacial score (nSPS) is 12.4. The maximum atomic E-state index is 11.3. The van der Waals surface area contributed by atoms with Crippen molar-refractivity contribution in [2.75, 3.05) is 12.4 Å². The number of esters is 1. The molecule has 0 aliphatic rings. The first kappa shape index (κ1) is 18.2. The van der Waals surface area contributed by atoms with Crippen molar-refractivity contribution < 1.29 is 9.53 Å². The number of ether oxygens (including phenoxy) is 1. The second-order valence-corrected chi connectivity index (χ2v) is 5.68. The van der Waals surface area contributed by atoms with E-state index >= 15 is 0 Å². The Morgan fingerprint density at radius 2 is 1.50 bits per heavy atom. The van der Waals surface area contributed by atoms with Gasteiger partial charge in [0.25, 0.3) is 0 Å². The average molecular weight is 293 g/mol. The van der Waals surface area contributed by atoms with Crippen LogP contribution in [0.2, 0.25) is 0 Å². The summed E-state index contributed by atoms with van der Waals surface area (Å²) in [5, 5.41) is -0.236. The van der Waals surface area contributed by atoms with Gasteiger partial charge < -0.3 is 4.74 Å². The van der Waals surface area contributed by atoms with Gasteiger partial charge in [-0.05, 0) is 25.5 Å². The average Bonchev–Trinajstić information content (AvgIpc) is 2.36. The lowest BCUT2D eigenvalue weighted by Gasteiger charge is -2.09. The number of rotatable bonds is 12. The predicted molar refractivity (Wildman–Crippen MR) is 84.8 cm³/mol. The quantitative estimate of drug-likeness (QED) is 0.319. The Hall–Kier alpha value is 0.170. The molecule has 0 bridgehead atoms. The summed E-state index contributed by atoms with van der Waals surface area (Å²) in [6.45, 7) is 2.27. The van der Waals surface area contributed by atoms with Gasteiger partial charge in [-0.3, -0.25) is 4.79 Å².